The minimum atomic E-state index is -0.0608. The third kappa shape index (κ3) is 2.40. The molecule has 22 heavy (non-hydrogen) atoms. The summed E-state index contributed by atoms with van der Waals surface area (Å²) < 4.78 is 1.57. The fraction of sp³-hybridized carbons (Fsp3) is 0.125. The molecular formula is C16H13N5O. The van der Waals surface area contributed by atoms with Crippen molar-refractivity contribution >= 4 is 17.2 Å². The molecule has 3 rings (SSSR count). The summed E-state index contributed by atoms with van der Waals surface area (Å²) in [5.41, 5.74) is 2.92. The van der Waals surface area contributed by atoms with Crippen LogP contribution in [0.3, 0.4) is 0 Å². The molecule has 1 amide bonds. The molecule has 0 bridgehead atoms. The van der Waals surface area contributed by atoms with Crippen LogP contribution in [0.25, 0.3) is 16.9 Å². The number of nitrogens with zero attached hydrogens (tertiary/aromatic N) is 4. The fourth-order valence-corrected chi connectivity index (χ4v) is 2.19. The molecule has 0 atom stereocenters. The third-order valence-corrected chi connectivity index (χ3v) is 3.25. The Kier molecular flexibility index (Phi) is 3.54. The van der Waals surface area contributed by atoms with Crippen molar-refractivity contribution in [1.82, 2.24) is 14.6 Å². The van der Waals surface area contributed by atoms with Gasteiger partial charge in [0.05, 0.1) is 0 Å². The van der Waals surface area contributed by atoms with Crippen LogP contribution in [-0.4, -0.2) is 20.5 Å². The lowest BCUT2D eigenvalue weighted by atomic mass is 10.1. The Balaban J connectivity index is 2.10. The van der Waals surface area contributed by atoms with Crippen molar-refractivity contribution in [3.05, 3.63) is 48.3 Å². The summed E-state index contributed by atoms with van der Waals surface area (Å²) in [6.07, 6.45) is 3.78. The molecule has 0 aliphatic rings. The Morgan fingerprint density at radius 1 is 1.41 bits per heavy atom. The Labute approximate surface area is 127 Å². The molecule has 0 aliphatic carbocycles. The predicted molar refractivity (Wildman–Crippen MR) is 82.1 cm³/mol. The highest BCUT2D eigenvalue weighted by molar-refractivity contribution is 5.91. The first-order valence-corrected chi connectivity index (χ1v) is 6.86. The second-order valence-electron chi connectivity index (χ2n) is 4.71. The number of aromatic nitrogens is 3. The number of carbonyl (C=O) groups excluding carboxylic acids is 1. The van der Waals surface area contributed by atoms with Crippen LogP contribution in [0.1, 0.15) is 18.9 Å². The van der Waals surface area contributed by atoms with Crippen LogP contribution < -0.4 is 5.32 Å². The Morgan fingerprint density at radius 2 is 2.27 bits per heavy atom. The van der Waals surface area contributed by atoms with E-state index < -0.39 is 0 Å². The van der Waals surface area contributed by atoms with Crippen LogP contribution in [0, 0.1) is 11.3 Å². The van der Waals surface area contributed by atoms with E-state index in [1.54, 1.807) is 42.0 Å². The number of fused-ring (bicyclic) bond motifs is 1. The molecule has 2 heterocycles. The van der Waals surface area contributed by atoms with Crippen molar-refractivity contribution in [3.63, 3.8) is 0 Å². The van der Waals surface area contributed by atoms with Crippen molar-refractivity contribution in [2.45, 2.75) is 13.3 Å². The lowest BCUT2D eigenvalue weighted by molar-refractivity contribution is -0.115. The first kappa shape index (κ1) is 13.8. The maximum atomic E-state index is 11.5. The highest BCUT2D eigenvalue weighted by Gasteiger charge is 2.15. The number of anilines is 1. The van der Waals surface area contributed by atoms with E-state index in [9.17, 15) is 10.1 Å². The van der Waals surface area contributed by atoms with E-state index in [1.807, 2.05) is 12.1 Å². The molecule has 2 aromatic heterocycles. The second-order valence-corrected chi connectivity index (χ2v) is 4.71. The molecule has 0 saturated carbocycles. The number of hydrogen-bond acceptors (Lipinski definition) is 4. The lowest BCUT2D eigenvalue weighted by Gasteiger charge is -2.05. The molecule has 0 radical (unpaired) electrons. The highest BCUT2D eigenvalue weighted by atomic mass is 16.1. The zero-order chi connectivity index (χ0) is 15.5. The summed E-state index contributed by atoms with van der Waals surface area (Å²) in [4.78, 5) is 15.7. The first-order chi connectivity index (χ1) is 10.7. The van der Waals surface area contributed by atoms with Crippen LogP contribution >= 0.6 is 0 Å². The highest BCUT2D eigenvalue weighted by Crippen LogP contribution is 2.26. The van der Waals surface area contributed by atoms with E-state index >= 15 is 0 Å². The van der Waals surface area contributed by atoms with Crippen LogP contribution in [-0.2, 0) is 4.79 Å². The van der Waals surface area contributed by atoms with Crippen LogP contribution in [0.2, 0.25) is 0 Å². The number of rotatable bonds is 3. The molecule has 6 heteroatoms. The van der Waals surface area contributed by atoms with Gasteiger partial charge < -0.3 is 5.32 Å². The fourth-order valence-electron chi connectivity index (χ4n) is 2.19. The molecule has 0 aliphatic heterocycles. The van der Waals surface area contributed by atoms with E-state index in [0.717, 1.165) is 5.56 Å². The van der Waals surface area contributed by atoms with Gasteiger partial charge in [0.15, 0.2) is 5.65 Å². The quantitative estimate of drug-likeness (QED) is 0.804. The number of carbonyl (C=O) groups is 1. The van der Waals surface area contributed by atoms with Crippen molar-refractivity contribution in [3.8, 4) is 17.3 Å². The average Bonchev–Trinajstić information content (AvgIpc) is 2.93. The summed E-state index contributed by atoms with van der Waals surface area (Å²) >= 11 is 0. The molecule has 0 fully saturated rings. The first-order valence-electron chi connectivity index (χ1n) is 6.86. The van der Waals surface area contributed by atoms with Crippen molar-refractivity contribution in [2.24, 2.45) is 0 Å². The van der Waals surface area contributed by atoms with Gasteiger partial charge in [-0.3, -0.25) is 4.79 Å². The summed E-state index contributed by atoms with van der Waals surface area (Å²) in [6.45, 7) is 1.79. The van der Waals surface area contributed by atoms with Gasteiger partial charge in [0.1, 0.15) is 17.3 Å². The number of amides is 1. The van der Waals surface area contributed by atoms with Crippen molar-refractivity contribution < 1.29 is 4.79 Å². The monoisotopic (exact) mass is 291 g/mol. The van der Waals surface area contributed by atoms with Crippen LogP contribution in [0.4, 0.5) is 5.69 Å². The van der Waals surface area contributed by atoms with Gasteiger partial charge in [-0.25, -0.2) is 9.50 Å². The van der Waals surface area contributed by atoms with Crippen LogP contribution in [0.5, 0.6) is 0 Å². The molecule has 0 unspecified atom stereocenters. The van der Waals surface area contributed by atoms with Crippen LogP contribution in [0.15, 0.2) is 42.7 Å². The summed E-state index contributed by atoms with van der Waals surface area (Å²) in [5, 5.41) is 16.6. The minimum Gasteiger partial charge on any atom is -0.326 e. The zero-order valence-corrected chi connectivity index (χ0v) is 11.9. The third-order valence-electron chi connectivity index (χ3n) is 3.25. The maximum absolute atomic E-state index is 11.5. The summed E-state index contributed by atoms with van der Waals surface area (Å²) in [5.74, 6) is -0.0608. The summed E-state index contributed by atoms with van der Waals surface area (Å²) in [6, 6.07) is 11.2. The molecule has 0 spiro atoms. The number of nitriles is 1. The number of benzene rings is 1. The lowest BCUT2D eigenvalue weighted by Crippen LogP contribution is -2.09. The maximum Gasteiger partial charge on any atom is 0.224 e. The van der Waals surface area contributed by atoms with E-state index in [-0.39, 0.29) is 5.91 Å². The largest absolute Gasteiger partial charge is 0.326 e. The SMILES string of the molecule is CCC(=O)Nc1cccc(-c2nn3cccnc3c2C#N)c1. The molecule has 0 saturated heterocycles. The van der Waals surface area contributed by atoms with Gasteiger partial charge >= 0.3 is 0 Å². The predicted octanol–water partition coefficient (Wildman–Crippen LogP) is 2.62. The second kappa shape index (κ2) is 5.66. The molecule has 1 aromatic carbocycles. The topological polar surface area (TPSA) is 83.1 Å². The Bertz CT molecular complexity index is 891. The normalized spacial score (nSPS) is 10.4. The van der Waals surface area contributed by atoms with Gasteiger partial charge in [0.25, 0.3) is 0 Å². The standard InChI is InChI=1S/C16H13N5O/c1-2-14(22)19-12-6-3-5-11(9-12)15-13(10-17)16-18-7-4-8-21(16)20-15/h3-9H,2H2,1H3,(H,19,22). The van der Waals surface area contributed by atoms with Gasteiger partial charge in [-0.05, 0) is 18.2 Å². The Morgan fingerprint density at radius 3 is 3.05 bits per heavy atom. The molecule has 3 aromatic rings. The molecular weight excluding hydrogens is 278 g/mol. The van der Waals surface area contributed by atoms with E-state index in [0.29, 0.717) is 29.0 Å². The Hall–Kier alpha value is -3.20. The molecule has 1 N–H and O–H groups in total. The average molecular weight is 291 g/mol. The van der Waals surface area contributed by atoms with Gasteiger partial charge in [-0.1, -0.05) is 19.1 Å². The smallest absolute Gasteiger partial charge is 0.224 e. The molecule has 6 nitrogen and oxygen atoms in total. The van der Waals surface area contributed by atoms with Gasteiger partial charge in [0, 0.05) is 30.1 Å². The van der Waals surface area contributed by atoms with Gasteiger partial charge in [0.2, 0.25) is 5.91 Å². The van der Waals surface area contributed by atoms with E-state index in [4.69, 9.17) is 0 Å². The van der Waals surface area contributed by atoms with E-state index in [1.165, 1.54) is 0 Å². The number of nitrogens with one attached hydrogen (secondary N) is 1. The van der Waals surface area contributed by atoms with Gasteiger partial charge in [-0.2, -0.15) is 10.4 Å². The summed E-state index contributed by atoms with van der Waals surface area (Å²) in [7, 11) is 0. The van der Waals surface area contributed by atoms with Crippen molar-refractivity contribution in [1.29, 1.82) is 5.26 Å². The van der Waals surface area contributed by atoms with Crippen molar-refractivity contribution in [2.75, 3.05) is 5.32 Å². The minimum absolute atomic E-state index is 0.0608. The van der Waals surface area contributed by atoms with Gasteiger partial charge in [-0.15, -0.1) is 0 Å². The van der Waals surface area contributed by atoms with E-state index in [2.05, 4.69) is 21.5 Å². The number of hydrogen-bond donors (Lipinski definition) is 1. The zero-order valence-electron chi connectivity index (χ0n) is 11.9. The molecule has 108 valence electrons.